The van der Waals surface area contributed by atoms with Gasteiger partial charge in [0, 0.05) is 11.5 Å². The van der Waals surface area contributed by atoms with Gasteiger partial charge in [0.25, 0.3) is 0 Å². The molecule has 2 aromatic rings. The Balaban J connectivity index is 1.33. The SMILES string of the molecule is C=CCCCCCCCCC[C@H]1CO[C@H](c2ccc(-c3ccc(O[C@@H](C)CCCCCC)cc3)cc2)OC1. The average molecular weight is 521 g/mol. The molecule has 1 fully saturated rings. The van der Waals surface area contributed by atoms with E-state index in [0.717, 1.165) is 37.4 Å². The van der Waals surface area contributed by atoms with Crippen LogP contribution in [0.2, 0.25) is 0 Å². The zero-order valence-corrected chi connectivity index (χ0v) is 24.2. The van der Waals surface area contributed by atoms with E-state index in [9.17, 15) is 0 Å². The molecule has 1 heterocycles. The standard InChI is InChI=1S/C35H52O3/c1-4-6-8-10-11-12-13-14-16-18-30-27-36-35(37-28-30)33-21-19-31(20-22-33)32-23-25-34(26-24-32)38-29(3)17-15-9-7-5-2/h4,19-26,29-30,35H,1,5-18,27-28H2,2-3H3/t29-,30-,35-/m0/s1. The van der Waals surface area contributed by atoms with Crippen molar-refractivity contribution in [3.8, 4) is 16.9 Å². The number of benzene rings is 2. The third kappa shape index (κ3) is 11.3. The van der Waals surface area contributed by atoms with Crippen molar-refractivity contribution in [2.24, 2.45) is 5.92 Å². The average Bonchev–Trinajstić information content (AvgIpc) is 2.95. The smallest absolute Gasteiger partial charge is 0.183 e. The molecule has 1 atom stereocenters. The molecule has 0 aliphatic carbocycles. The molecule has 0 N–H and O–H groups in total. The van der Waals surface area contributed by atoms with Crippen molar-refractivity contribution in [2.45, 2.75) is 116 Å². The third-order valence-corrected chi connectivity index (χ3v) is 7.66. The van der Waals surface area contributed by atoms with Gasteiger partial charge in [0.2, 0.25) is 0 Å². The summed E-state index contributed by atoms with van der Waals surface area (Å²) in [6, 6.07) is 17.1. The zero-order chi connectivity index (χ0) is 26.8. The first kappa shape index (κ1) is 30.4. The predicted molar refractivity (Wildman–Crippen MR) is 161 cm³/mol. The number of hydrogen-bond acceptors (Lipinski definition) is 3. The Morgan fingerprint density at radius 1 is 0.789 bits per heavy atom. The molecule has 38 heavy (non-hydrogen) atoms. The molecule has 1 saturated heterocycles. The van der Waals surface area contributed by atoms with Crippen molar-refractivity contribution in [3.63, 3.8) is 0 Å². The maximum atomic E-state index is 6.11. The summed E-state index contributed by atoms with van der Waals surface area (Å²) in [5.41, 5.74) is 3.49. The summed E-state index contributed by atoms with van der Waals surface area (Å²) >= 11 is 0. The Morgan fingerprint density at radius 2 is 1.37 bits per heavy atom. The van der Waals surface area contributed by atoms with Crippen molar-refractivity contribution in [2.75, 3.05) is 13.2 Å². The largest absolute Gasteiger partial charge is 0.491 e. The van der Waals surface area contributed by atoms with Crippen LogP contribution in [0.4, 0.5) is 0 Å². The van der Waals surface area contributed by atoms with Crippen molar-refractivity contribution in [3.05, 3.63) is 66.7 Å². The van der Waals surface area contributed by atoms with Gasteiger partial charge < -0.3 is 14.2 Å². The molecule has 1 aliphatic heterocycles. The maximum Gasteiger partial charge on any atom is 0.183 e. The summed E-state index contributed by atoms with van der Waals surface area (Å²) in [5, 5.41) is 0. The van der Waals surface area contributed by atoms with Crippen molar-refractivity contribution < 1.29 is 14.2 Å². The highest BCUT2D eigenvalue weighted by atomic mass is 16.7. The molecule has 0 aromatic heterocycles. The second kappa shape index (κ2) is 18.2. The Kier molecular flexibility index (Phi) is 14.6. The van der Waals surface area contributed by atoms with Gasteiger partial charge in [0.05, 0.1) is 19.3 Å². The first-order valence-electron chi connectivity index (χ1n) is 15.4. The first-order valence-corrected chi connectivity index (χ1v) is 15.4. The molecule has 3 rings (SSSR count). The molecule has 210 valence electrons. The molecule has 0 saturated carbocycles. The number of unbranched alkanes of at least 4 members (excludes halogenated alkanes) is 10. The van der Waals surface area contributed by atoms with Crippen LogP contribution < -0.4 is 4.74 Å². The minimum absolute atomic E-state index is 0.245. The van der Waals surface area contributed by atoms with E-state index in [0.29, 0.717) is 5.92 Å². The van der Waals surface area contributed by atoms with Gasteiger partial charge in [-0.25, -0.2) is 0 Å². The lowest BCUT2D eigenvalue weighted by atomic mass is 10.00. The molecular weight excluding hydrogens is 468 g/mol. The van der Waals surface area contributed by atoms with Gasteiger partial charge in [-0.1, -0.05) is 107 Å². The van der Waals surface area contributed by atoms with E-state index in [1.54, 1.807) is 0 Å². The normalized spacial score (nSPS) is 18.3. The predicted octanol–water partition coefficient (Wildman–Crippen LogP) is 10.4. The summed E-state index contributed by atoms with van der Waals surface area (Å²) in [5.74, 6) is 1.48. The van der Waals surface area contributed by atoms with Crippen molar-refractivity contribution >= 4 is 0 Å². The topological polar surface area (TPSA) is 27.7 Å². The Hall–Kier alpha value is -2.10. The quantitative estimate of drug-likeness (QED) is 0.136. The number of ether oxygens (including phenoxy) is 3. The van der Waals surface area contributed by atoms with Crippen LogP contribution in [0.25, 0.3) is 11.1 Å². The lowest BCUT2D eigenvalue weighted by molar-refractivity contribution is -0.206. The Bertz CT molecular complexity index is 865. The highest BCUT2D eigenvalue weighted by Gasteiger charge is 2.23. The van der Waals surface area contributed by atoms with E-state index in [1.165, 1.54) is 88.2 Å². The van der Waals surface area contributed by atoms with Gasteiger partial charge >= 0.3 is 0 Å². The maximum absolute atomic E-state index is 6.11. The lowest BCUT2D eigenvalue weighted by Crippen LogP contribution is -2.27. The van der Waals surface area contributed by atoms with Crippen molar-refractivity contribution in [1.82, 2.24) is 0 Å². The Morgan fingerprint density at radius 3 is 2.00 bits per heavy atom. The lowest BCUT2D eigenvalue weighted by Gasteiger charge is -2.29. The second-order valence-electron chi connectivity index (χ2n) is 11.1. The van der Waals surface area contributed by atoms with Crippen LogP contribution in [-0.4, -0.2) is 19.3 Å². The summed E-state index contributed by atoms with van der Waals surface area (Å²) in [7, 11) is 0. The van der Waals surface area contributed by atoms with Gasteiger partial charge in [-0.05, 0) is 62.3 Å². The van der Waals surface area contributed by atoms with E-state index >= 15 is 0 Å². The minimum atomic E-state index is -0.245. The molecule has 3 heteroatoms. The molecular formula is C35H52O3. The fourth-order valence-corrected chi connectivity index (χ4v) is 5.22. The minimum Gasteiger partial charge on any atom is -0.491 e. The van der Waals surface area contributed by atoms with Crippen molar-refractivity contribution in [1.29, 1.82) is 0 Å². The van der Waals surface area contributed by atoms with E-state index < -0.39 is 0 Å². The van der Waals surface area contributed by atoms with E-state index in [4.69, 9.17) is 14.2 Å². The van der Waals surface area contributed by atoms with Gasteiger partial charge in [-0.2, -0.15) is 0 Å². The monoisotopic (exact) mass is 520 g/mol. The van der Waals surface area contributed by atoms with Crippen LogP contribution in [0.15, 0.2) is 61.2 Å². The summed E-state index contributed by atoms with van der Waals surface area (Å²) in [4.78, 5) is 0. The molecule has 1 aliphatic rings. The summed E-state index contributed by atoms with van der Waals surface area (Å²) < 4.78 is 18.3. The highest BCUT2D eigenvalue weighted by Crippen LogP contribution is 2.30. The van der Waals surface area contributed by atoms with Gasteiger partial charge in [0.1, 0.15) is 5.75 Å². The molecule has 0 spiro atoms. The molecule has 0 bridgehead atoms. The Labute approximate surface area is 233 Å². The first-order chi connectivity index (χ1) is 18.7. The molecule has 2 aromatic carbocycles. The fraction of sp³-hybridized carbons (Fsp3) is 0.600. The van der Waals surface area contributed by atoms with E-state index in [2.05, 4.69) is 69.0 Å². The molecule has 0 amide bonds. The van der Waals surface area contributed by atoms with Crippen LogP contribution in [0.5, 0.6) is 5.75 Å². The van der Waals surface area contributed by atoms with Crippen LogP contribution >= 0.6 is 0 Å². The molecule has 0 radical (unpaired) electrons. The summed E-state index contributed by atoms with van der Waals surface area (Å²) in [6.45, 7) is 9.81. The van der Waals surface area contributed by atoms with Crippen LogP contribution in [0, 0.1) is 5.92 Å². The molecule has 0 unspecified atom stereocenters. The second-order valence-corrected chi connectivity index (χ2v) is 11.1. The fourth-order valence-electron chi connectivity index (χ4n) is 5.22. The third-order valence-electron chi connectivity index (χ3n) is 7.66. The van der Waals surface area contributed by atoms with Crippen LogP contribution in [-0.2, 0) is 9.47 Å². The summed E-state index contributed by atoms with van der Waals surface area (Å²) in [6.07, 6.45) is 20.0. The number of rotatable bonds is 19. The number of allylic oxidation sites excluding steroid dienone is 1. The van der Waals surface area contributed by atoms with Gasteiger partial charge in [-0.3, -0.25) is 0 Å². The van der Waals surface area contributed by atoms with Gasteiger partial charge in [0.15, 0.2) is 6.29 Å². The highest BCUT2D eigenvalue weighted by molar-refractivity contribution is 5.64. The van der Waals surface area contributed by atoms with E-state index in [1.807, 2.05) is 6.08 Å². The van der Waals surface area contributed by atoms with Gasteiger partial charge in [-0.15, -0.1) is 6.58 Å². The zero-order valence-electron chi connectivity index (χ0n) is 24.2. The molecule has 3 nitrogen and oxygen atoms in total. The van der Waals surface area contributed by atoms with E-state index in [-0.39, 0.29) is 12.4 Å². The van der Waals surface area contributed by atoms with Crippen LogP contribution in [0.3, 0.4) is 0 Å². The number of hydrogen-bond donors (Lipinski definition) is 0. The van der Waals surface area contributed by atoms with Crippen LogP contribution in [0.1, 0.15) is 116 Å².